The van der Waals surface area contributed by atoms with Crippen LogP contribution in [0.5, 0.6) is 5.88 Å². The number of ketones is 1. The summed E-state index contributed by atoms with van der Waals surface area (Å²) in [4.78, 5) is 13.4. The number of aromatic nitrogens is 2. The summed E-state index contributed by atoms with van der Waals surface area (Å²) in [7, 11) is 1.66. The molecule has 4 saturated carbocycles. The Labute approximate surface area is 193 Å². The monoisotopic (exact) mass is 442 g/mol. The van der Waals surface area contributed by atoms with Crippen LogP contribution in [0, 0.1) is 46.8 Å². The quantitative estimate of drug-likeness (QED) is 0.532. The summed E-state index contributed by atoms with van der Waals surface area (Å²) in [6.45, 7) is 6.31. The highest BCUT2D eigenvalue weighted by Crippen LogP contribution is 2.64. The third kappa shape index (κ3) is 4.03. The summed E-state index contributed by atoms with van der Waals surface area (Å²) in [6, 6.07) is 1.84. The van der Waals surface area contributed by atoms with Gasteiger partial charge in [-0.3, -0.25) is 9.48 Å². The fourth-order valence-corrected chi connectivity index (χ4v) is 8.62. The lowest BCUT2D eigenvalue weighted by atomic mass is 9.49. The molecular formula is C27H42N2O3. The van der Waals surface area contributed by atoms with Crippen molar-refractivity contribution in [2.24, 2.45) is 46.8 Å². The van der Waals surface area contributed by atoms with Crippen LogP contribution < -0.4 is 4.74 Å². The molecule has 32 heavy (non-hydrogen) atoms. The first-order valence-corrected chi connectivity index (χ1v) is 13.2. The molecule has 1 aromatic rings. The van der Waals surface area contributed by atoms with Crippen LogP contribution in [0.25, 0.3) is 0 Å². The fourth-order valence-electron chi connectivity index (χ4n) is 8.62. The highest BCUT2D eigenvalue weighted by molar-refractivity contribution is 5.82. The van der Waals surface area contributed by atoms with Crippen molar-refractivity contribution in [3.05, 3.63) is 12.3 Å². The first kappa shape index (κ1) is 22.4. The number of nitrogens with zero attached hydrogens (tertiary/aromatic N) is 2. The van der Waals surface area contributed by atoms with E-state index in [1.807, 2.05) is 12.3 Å². The Kier molecular flexibility index (Phi) is 6.39. The van der Waals surface area contributed by atoms with Crippen molar-refractivity contribution in [3.63, 3.8) is 0 Å². The van der Waals surface area contributed by atoms with Gasteiger partial charge in [-0.2, -0.15) is 0 Å². The average molecular weight is 443 g/mol. The van der Waals surface area contributed by atoms with Crippen molar-refractivity contribution < 1.29 is 14.3 Å². The van der Waals surface area contributed by atoms with Crippen molar-refractivity contribution in [1.29, 1.82) is 0 Å². The highest BCUT2D eigenvalue weighted by Gasteiger charge is 2.58. The lowest BCUT2D eigenvalue weighted by Crippen LogP contribution is -2.49. The Balaban J connectivity index is 1.23. The van der Waals surface area contributed by atoms with Crippen molar-refractivity contribution in [2.45, 2.75) is 78.2 Å². The van der Waals surface area contributed by atoms with Gasteiger partial charge in [-0.25, -0.2) is 0 Å². The highest BCUT2D eigenvalue weighted by atomic mass is 16.5. The van der Waals surface area contributed by atoms with Gasteiger partial charge in [0.25, 0.3) is 0 Å². The Bertz CT molecular complexity index is 807. The van der Waals surface area contributed by atoms with Crippen molar-refractivity contribution in [3.8, 4) is 5.88 Å². The Morgan fingerprint density at radius 1 is 1.09 bits per heavy atom. The van der Waals surface area contributed by atoms with Crippen molar-refractivity contribution in [1.82, 2.24) is 9.78 Å². The standard InChI is InChI=1S/C27H42N2O3/c1-18-4-6-20-19(16-18)5-7-22-21(20)10-12-27(2)23(22)8-9-24(27)25(30)17-29-13-11-26(28-29)32-15-14-31-3/h11,13,18-24H,4-10,12,14-17H2,1-3H3. The number of methoxy groups -OCH3 is 1. The Morgan fingerprint density at radius 2 is 1.94 bits per heavy atom. The summed E-state index contributed by atoms with van der Waals surface area (Å²) in [6.07, 6.45) is 14.0. The summed E-state index contributed by atoms with van der Waals surface area (Å²) >= 11 is 0. The van der Waals surface area contributed by atoms with Crippen LogP contribution in [0.2, 0.25) is 0 Å². The third-order valence-electron chi connectivity index (χ3n) is 10.1. The van der Waals surface area contributed by atoms with Gasteiger partial charge in [0, 0.05) is 25.3 Å². The SMILES string of the molecule is COCCOc1ccn(CC(=O)C2CCC3C4CCC5CC(C)CCC5C4CCC23C)n1. The van der Waals surface area contributed by atoms with Gasteiger partial charge in [0.05, 0.1) is 13.2 Å². The van der Waals surface area contributed by atoms with E-state index in [1.54, 1.807) is 11.8 Å². The largest absolute Gasteiger partial charge is 0.474 e. The van der Waals surface area contributed by atoms with Gasteiger partial charge in [-0.05, 0) is 92.3 Å². The maximum absolute atomic E-state index is 13.4. The van der Waals surface area contributed by atoms with Crippen molar-refractivity contribution in [2.75, 3.05) is 20.3 Å². The molecule has 5 nitrogen and oxygen atoms in total. The minimum atomic E-state index is 0.192. The maximum atomic E-state index is 13.4. The molecule has 4 fully saturated rings. The molecule has 5 heteroatoms. The van der Waals surface area contributed by atoms with Crippen molar-refractivity contribution >= 4 is 5.78 Å². The smallest absolute Gasteiger partial charge is 0.232 e. The second kappa shape index (κ2) is 9.12. The zero-order valence-corrected chi connectivity index (χ0v) is 20.3. The number of ether oxygens (including phenoxy) is 2. The molecule has 5 rings (SSSR count). The Morgan fingerprint density at radius 3 is 2.78 bits per heavy atom. The molecule has 0 spiro atoms. The first-order valence-electron chi connectivity index (χ1n) is 13.2. The molecule has 0 aromatic carbocycles. The average Bonchev–Trinajstić information content (AvgIpc) is 3.37. The summed E-state index contributed by atoms with van der Waals surface area (Å²) in [5.74, 6) is 6.60. The number of fused-ring (bicyclic) bond motifs is 5. The van der Waals surface area contributed by atoms with Crippen LogP contribution in [-0.2, 0) is 16.1 Å². The molecule has 8 atom stereocenters. The van der Waals surface area contributed by atoms with Gasteiger partial charge in [-0.15, -0.1) is 5.10 Å². The zero-order valence-electron chi connectivity index (χ0n) is 20.3. The minimum Gasteiger partial charge on any atom is -0.474 e. The molecule has 0 N–H and O–H groups in total. The first-order chi connectivity index (χ1) is 15.5. The lowest BCUT2D eigenvalue weighted by molar-refractivity contribution is -0.131. The molecule has 4 aliphatic carbocycles. The van der Waals surface area contributed by atoms with Crippen LogP contribution >= 0.6 is 0 Å². The lowest BCUT2D eigenvalue weighted by Gasteiger charge is -2.56. The number of Topliss-reactive ketones (excluding diaryl/α,β-unsaturated/α-hetero) is 1. The van der Waals surface area contributed by atoms with Gasteiger partial charge in [-0.1, -0.05) is 20.3 Å². The van der Waals surface area contributed by atoms with E-state index in [0.29, 0.717) is 31.4 Å². The molecule has 4 aliphatic rings. The maximum Gasteiger partial charge on any atom is 0.232 e. The third-order valence-corrected chi connectivity index (χ3v) is 10.1. The molecule has 0 saturated heterocycles. The Hall–Kier alpha value is -1.36. The van der Waals surface area contributed by atoms with E-state index in [1.165, 1.54) is 51.4 Å². The van der Waals surface area contributed by atoms with E-state index in [9.17, 15) is 4.79 Å². The van der Waals surface area contributed by atoms with Gasteiger partial charge in [0.2, 0.25) is 5.88 Å². The molecule has 1 heterocycles. The van der Waals surface area contributed by atoms with Crippen LogP contribution in [0.4, 0.5) is 0 Å². The van der Waals surface area contributed by atoms with E-state index < -0.39 is 0 Å². The van der Waals surface area contributed by atoms with Gasteiger partial charge >= 0.3 is 0 Å². The predicted octanol–water partition coefficient (Wildman–Crippen LogP) is 5.38. The molecule has 0 bridgehead atoms. The summed E-state index contributed by atoms with van der Waals surface area (Å²) < 4.78 is 12.4. The molecular weight excluding hydrogens is 400 g/mol. The van der Waals surface area contributed by atoms with Gasteiger partial charge in [0.15, 0.2) is 5.78 Å². The predicted molar refractivity (Wildman–Crippen MR) is 124 cm³/mol. The van der Waals surface area contributed by atoms with E-state index in [-0.39, 0.29) is 11.3 Å². The molecule has 1 aromatic heterocycles. The summed E-state index contributed by atoms with van der Waals surface area (Å²) in [5, 5.41) is 4.46. The molecule has 8 unspecified atom stereocenters. The summed E-state index contributed by atoms with van der Waals surface area (Å²) in [5.41, 5.74) is 0.192. The topological polar surface area (TPSA) is 53.4 Å². The minimum absolute atomic E-state index is 0.192. The second-order valence-corrected chi connectivity index (χ2v) is 11.7. The number of hydrogen-bond donors (Lipinski definition) is 0. The van der Waals surface area contributed by atoms with Crippen LogP contribution in [0.3, 0.4) is 0 Å². The van der Waals surface area contributed by atoms with Crippen LogP contribution in [0.1, 0.15) is 71.6 Å². The fraction of sp³-hybridized carbons (Fsp3) is 0.852. The number of carbonyl (C=O) groups excluding carboxylic acids is 1. The molecule has 0 aliphatic heterocycles. The number of hydrogen-bond acceptors (Lipinski definition) is 4. The van der Waals surface area contributed by atoms with Gasteiger partial charge < -0.3 is 9.47 Å². The number of carbonyl (C=O) groups is 1. The van der Waals surface area contributed by atoms with Crippen LogP contribution in [-0.4, -0.2) is 35.9 Å². The van der Waals surface area contributed by atoms with E-state index in [2.05, 4.69) is 18.9 Å². The van der Waals surface area contributed by atoms with E-state index >= 15 is 0 Å². The molecule has 0 radical (unpaired) electrons. The molecule has 0 amide bonds. The zero-order chi connectivity index (χ0) is 22.3. The van der Waals surface area contributed by atoms with E-state index in [0.717, 1.165) is 41.9 Å². The molecule has 178 valence electrons. The normalized spacial score (nSPS) is 40.9. The van der Waals surface area contributed by atoms with Gasteiger partial charge in [0.1, 0.15) is 6.61 Å². The number of rotatable bonds is 7. The second-order valence-electron chi connectivity index (χ2n) is 11.7. The van der Waals surface area contributed by atoms with E-state index in [4.69, 9.17) is 9.47 Å². The van der Waals surface area contributed by atoms with Crippen LogP contribution in [0.15, 0.2) is 12.3 Å².